The predicted molar refractivity (Wildman–Crippen MR) is 211 cm³/mol. The standard InChI is InChI=1S/C43H47ClN4O2Si/c1-31(32-19-11-7-12-20-32)47(41(45)49)29-37-38(30-50-51(5,6)42(2,3)4)36-28-46-48(40(36)27-39(37)44)43(33-21-13-8-14-22-33,34-23-15-9-16-24-34)35-25-17-10-18-26-35/h7-28,31H,29-30H2,1-6H3,(H2,45,49). The Morgan fingerprint density at radius 3 is 1.75 bits per heavy atom. The summed E-state index contributed by atoms with van der Waals surface area (Å²) in [4.78, 5) is 14.8. The fourth-order valence-electron chi connectivity index (χ4n) is 6.71. The lowest BCUT2D eigenvalue weighted by Crippen LogP contribution is -2.41. The van der Waals surface area contributed by atoms with Crippen LogP contribution in [-0.4, -0.2) is 29.0 Å². The van der Waals surface area contributed by atoms with Crippen LogP contribution < -0.4 is 5.73 Å². The van der Waals surface area contributed by atoms with Crippen LogP contribution in [0.1, 0.15) is 67.1 Å². The minimum Gasteiger partial charge on any atom is -0.413 e. The second-order valence-corrected chi connectivity index (χ2v) is 19.9. The second kappa shape index (κ2) is 14.5. The van der Waals surface area contributed by atoms with Crippen molar-refractivity contribution in [2.24, 2.45) is 5.73 Å². The predicted octanol–water partition coefficient (Wildman–Crippen LogP) is 10.7. The number of halogens is 1. The van der Waals surface area contributed by atoms with Crippen molar-refractivity contribution < 1.29 is 9.22 Å². The average molecular weight is 715 g/mol. The summed E-state index contributed by atoms with van der Waals surface area (Å²) in [6, 6.07) is 42.5. The summed E-state index contributed by atoms with van der Waals surface area (Å²) >= 11 is 7.40. The third-order valence-corrected chi connectivity index (χ3v) is 15.5. The van der Waals surface area contributed by atoms with Gasteiger partial charge in [-0.3, -0.25) is 0 Å². The van der Waals surface area contributed by atoms with Gasteiger partial charge in [-0.2, -0.15) is 5.10 Å². The van der Waals surface area contributed by atoms with Crippen LogP contribution >= 0.6 is 11.6 Å². The van der Waals surface area contributed by atoms with E-state index in [-0.39, 0.29) is 17.6 Å². The minimum atomic E-state index is -2.21. The first kappa shape index (κ1) is 36.1. The van der Waals surface area contributed by atoms with Gasteiger partial charge >= 0.3 is 6.03 Å². The molecule has 51 heavy (non-hydrogen) atoms. The summed E-state index contributed by atoms with van der Waals surface area (Å²) in [6.45, 7) is 13.7. The number of nitrogens with two attached hydrogens (primary N) is 1. The highest BCUT2D eigenvalue weighted by atomic mass is 35.5. The third-order valence-electron chi connectivity index (χ3n) is 10.7. The van der Waals surface area contributed by atoms with Gasteiger partial charge in [-0.25, -0.2) is 9.48 Å². The molecule has 0 aliphatic rings. The fraction of sp³-hybridized carbons (Fsp3) is 0.256. The van der Waals surface area contributed by atoms with Crippen molar-refractivity contribution in [3.8, 4) is 0 Å². The molecule has 262 valence electrons. The van der Waals surface area contributed by atoms with Crippen LogP contribution in [0, 0.1) is 0 Å². The van der Waals surface area contributed by atoms with Crippen molar-refractivity contribution >= 4 is 36.9 Å². The van der Waals surface area contributed by atoms with Crippen molar-refractivity contribution in [2.75, 3.05) is 0 Å². The molecule has 1 heterocycles. The maximum Gasteiger partial charge on any atom is 0.315 e. The summed E-state index contributed by atoms with van der Waals surface area (Å²) in [5, 5.41) is 6.66. The zero-order valence-electron chi connectivity index (χ0n) is 30.3. The molecule has 1 atom stereocenters. The van der Waals surface area contributed by atoms with Crippen molar-refractivity contribution in [1.29, 1.82) is 0 Å². The molecular formula is C43H47ClN4O2Si. The van der Waals surface area contributed by atoms with Gasteiger partial charge in [0.15, 0.2) is 8.32 Å². The van der Waals surface area contributed by atoms with Crippen LogP contribution in [0.5, 0.6) is 0 Å². The minimum absolute atomic E-state index is 0.0147. The maximum atomic E-state index is 13.1. The molecule has 1 aromatic heterocycles. The van der Waals surface area contributed by atoms with E-state index in [1.807, 2.05) is 67.7 Å². The van der Waals surface area contributed by atoms with Crippen molar-refractivity contribution in [2.45, 2.75) is 70.6 Å². The van der Waals surface area contributed by atoms with E-state index in [1.54, 1.807) is 4.90 Å². The van der Waals surface area contributed by atoms with Gasteiger partial charge in [-0.05, 0) is 64.5 Å². The van der Waals surface area contributed by atoms with Gasteiger partial charge in [0, 0.05) is 17.0 Å². The maximum absolute atomic E-state index is 13.1. The summed E-state index contributed by atoms with van der Waals surface area (Å²) in [5.74, 6) is 0. The molecule has 5 aromatic carbocycles. The zero-order chi connectivity index (χ0) is 36.4. The Labute approximate surface area is 308 Å². The first-order chi connectivity index (χ1) is 24.4. The molecule has 0 bridgehead atoms. The highest BCUT2D eigenvalue weighted by molar-refractivity contribution is 6.74. The number of fused-ring (bicyclic) bond motifs is 1. The molecule has 0 aliphatic heterocycles. The summed E-state index contributed by atoms with van der Waals surface area (Å²) in [7, 11) is -2.21. The largest absolute Gasteiger partial charge is 0.413 e. The topological polar surface area (TPSA) is 73.4 Å². The van der Waals surface area contributed by atoms with Crippen LogP contribution in [0.25, 0.3) is 10.9 Å². The van der Waals surface area contributed by atoms with E-state index in [0.717, 1.165) is 44.3 Å². The Bertz CT molecular complexity index is 2000. The molecule has 6 rings (SSSR count). The number of primary amides is 1. The zero-order valence-corrected chi connectivity index (χ0v) is 32.1. The number of hydrogen-bond acceptors (Lipinski definition) is 3. The molecule has 0 fully saturated rings. The van der Waals surface area contributed by atoms with E-state index in [1.165, 1.54) is 0 Å². The van der Waals surface area contributed by atoms with Crippen molar-refractivity contribution in [3.63, 3.8) is 0 Å². The second-order valence-electron chi connectivity index (χ2n) is 14.7. The molecule has 0 saturated carbocycles. The Hall–Kier alpha value is -4.69. The number of aromatic nitrogens is 2. The fourth-order valence-corrected chi connectivity index (χ4v) is 7.92. The van der Waals surface area contributed by atoms with Crippen LogP contribution in [0.2, 0.25) is 23.2 Å². The Morgan fingerprint density at radius 2 is 1.29 bits per heavy atom. The van der Waals surface area contributed by atoms with E-state index >= 15 is 0 Å². The number of urea groups is 1. The van der Waals surface area contributed by atoms with E-state index in [4.69, 9.17) is 26.9 Å². The number of nitrogens with zero attached hydrogens (tertiary/aromatic N) is 3. The number of amides is 2. The summed E-state index contributed by atoms with van der Waals surface area (Å²) < 4.78 is 9.03. The van der Waals surface area contributed by atoms with Crippen molar-refractivity contribution in [3.05, 3.63) is 172 Å². The van der Waals surface area contributed by atoms with Gasteiger partial charge in [0.2, 0.25) is 0 Å². The quantitative estimate of drug-likeness (QED) is 0.107. The van der Waals surface area contributed by atoms with Crippen LogP contribution in [-0.2, 0) is 23.1 Å². The van der Waals surface area contributed by atoms with Gasteiger partial charge in [0.25, 0.3) is 0 Å². The van der Waals surface area contributed by atoms with Gasteiger partial charge in [0.1, 0.15) is 5.54 Å². The van der Waals surface area contributed by atoms with Gasteiger partial charge in [-0.15, -0.1) is 0 Å². The first-order valence-corrected chi connectivity index (χ1v) is 20.7. The Balaban J connectivity index is 1.62. The molecule has 0 saturated heterocycles. The summed E-state index contributed by atoms with van der Waals surface area (Å²) in [5.41, 5.74) is 12.0. The number of carbonyl (C=O) groups excluding carboxylic acids is 1. The van der Waals surface area contributed by atoms with Crippen LogP contribution in [0.4, 0.5) is 4.79 Å². The van der Waals surface area contributed by atoms with Gasteiger partial charge in [-0.1, -0.05) is 154 Å². The lowest BCUT2D eigenvalue weighted by atomic mass is 9.77. The highest BCUT2D eigenvalue weighted by Gasteiger charge is 2.41. The lowest BCUT2D eigenvalue weighted by molar-refractivity contribution is 0.184. The van der Waals surface area contributed by atoms with E-state index < -0.39 is 19.9 Å². The number of hydrogen-bond donors (Lipinski definition) is 1. The average Bonchev–Trinajstić information content (AvgIpc) is 3.54. The Morgan fingerprint density at radius 1 is 0.824 bits per heavy atom. The van der Waals surface area contributed by atoms with Crippen LogP contribution in [0.15, 0.2) is 134 Å². The molecule has 6 nitrogen and oxygen atoms in total. The Kier molecular flexibility index (Phi) is 10.3. The smallest absolute Gasteiger partial charge is 0.315 e. The van der Waals surface area contributed by atoms with Crippen LogP contribution in [0.3, 0.4) is 0 Å². The molecule has 1 unspecified atom stereocenters. The number of benzene rings is 5. The van der Waals surface area contributed by atoms with Crippen molar-refractivity contribution in [1.82, 2.24) is 14.7 Å². The molecule has 2 N–H and O–H groups in total. The first-order valence-electron chi connectivity index (χ1n) is 17.5. The normalized spacial score (nSPS) is 12.9. The molecule has 2 amide bonds. The molecule has 6 aromatic rings. The molecular weight excluding hydrogens is 668 g/mol. The molecule has 0 spiro atoms. The van der Waals surface area contributed by atoms with E-state index in [2.05, 4.69) is 111 Å². The van der Waals surface area contributed by atoms with E-state index in [0.29, 0.717) is 11.6 Å². The number of carbonyl (C=O) groups is 1. The molecule has 0 radical (unpaired) electrons. The molecule has 8 heteroatoms. The summed E-state index contributed by atoms with van der Waals surface area (Å²) in [6.07, 6.45) is 1.93. The van der Waals surface area contributed by atoms with Gasteiger partial charge < -0.3 is 15.1 Å². The van der Waals surface area contributed by atoms with E-state index in [9.17, 15) is 4.79 Å². The third kappa shape index (κ3) is 6.86. The lowest BCUT2D eigenvalue weighted by Gasteiger charge is -2.37. The SMILES string of the molecule is CC(c1ccccc1)N(Cc1c(Cl)cc2c(cnn2C(c2ccccc2)(c2ccccc2)c2ccccc2)c1CO[Si](C)(C)C(C)(C)C)C(N)=O. The van der Waals surface area contributed by atoms with Gasteiger partial charge in [0.05, 0.1) is 24.4 Å². The molecule has 0 aliphatic carbocycles. The number of rotatable bonds is 11. The monoisotopic (exact) mass is 714 g/mol. The highest BCUT2D eigenvalue weighted by Crippen LogP contribution is 2.44.